The first-order chi connectivity index (χ1) is 7.27. The van der Waals surface area contributed by atoms with Gasteiger partial charge in [-0.15, -0.1) is 0 Å². The van der Waals surface area contributed by atoms with Gasteiger partial charge in [0, 0.05) is 24.7 Å². The molecular formula is C10H13N3O2. The Kier molecular flexibility index (Phi) is 1.90. The lowest BCUT2D eigenvalue weighted by atomic mass is 9.92. The molecule has 0 atom stereocenters. The van der Waals surface area contributed by atoms with Gasteiger partial charge >= 0.3 is 0 Å². The minimum Gasteiger partial charge on any atom is -0.368 e. The van der Waals surface area contributed by atoms with Crippen LogP contribution in [0, 0.1) is 0 Å². The second-order valence-electron chi connectivity index (χ2n) is 3.98. The van der Waals surface area contributed by atoms with Crippen LogP contribution >= 0.6 is 0 Å². The molecular weight excluding hydrogens is 194 g/mol. The molecule has 2 N–H and O–H groups in total. The van der Waals surface area contributed by atoms with E-state index >= 15 is 0 Å². The smallest absolute Gasteiger partial charge is 0.220 e. The van der Waals surface area contributed by atoms with Gasteiger partial charge in [0.2, 0.25) is 5.95 Å². The van der Waals surface area contributed by atoms with E-state index < -0.39 is 5.79 Å². The van der Waals surface area contributed by atoms with Gasteiger partial charge in [-0.3, -0.25) is 0 Å². The topological polar surface area (TPSA) is 70.3 Å². The molecule has 2 aliphatic rings. The van der Waals surface area contributed by atoms with Crippen molar-refractivity contribution in [3.63, 3.8) is 0 Å². The van der Waals surface area contributed by atoms with Crippen LogP contribution in [0.4, 0.5) is 5.95 Å². The number of nitrogen functional groups attached to an aromatic ring is 1. The van der Waals surface area contributed by atoms with Crippen LogP contribution in [0.2, 0.25) is 0 Å². The van der Waals surface area contributed by atoms with E-state index in [0.717, 1.165) is 30.5 Å². The van der Waals surface area contributed by atoms with Crippen molar-refractivity contribution in [3.05, 3.63) is 17.5 Å². The first kappa shape index (κ1) is 9.06. The average molecular weight is 207 g/mol. The van der Waals surface area contributed by atoms with E-state index in [0.29, 0.717) is 19.2 Å². The van der Waals surface area contributed by atoms with Crippen molar-refractivity contribution in [2.24, 2.45) is 0 Å². The predicted octanol–water partition coefficient (Wildman–Crippen LogP) is 0.291. The van der Waals surface area contributed by atoms with Crippen molar-refractivity contribution in [3.8, 4) is 0 Å². The Balaban J connectivity index is 1.93. The standard InChI is InChI=1S/C10H13N3O2/c11-9-12-6-7-5-10(14-3-4-15-10)2-1-8(7)13-9/h6H,1-5H2,(H2,11,12,13). The normalized spacial score (nSPS) is 22.9. The summed E-state index contributed by atoms with van der Waals surface area (Å²) in [6, 6.07) is 0. The Morgan fingerprint density at radius 3 is 2.93 bits per heavy atom. The lowest BCUT2D eigenvalue weighted by Crippen LogP contribution is -2.37. The van der Waals surface area contributed by atoms with E-state index in [9.17, 15) is 0 Å². The number of ether oxygens (including phenoxy) is 2. The zero-order chi connectivity index (χ0) is 10.3. The lowest BCUT2D eigenvalue weighted by Gasteiger charge is -2.31. The van der Waals surface area contributed by atoms with E-state index in [2.05, 4.69) is 9.97 Å². The molecule has 1 fully saturated rings. The number of hydrogen-bond donors (Lipinski definition) is 1. The summed E-state index contributed by atoms with van der Waals surface area (Å²) in [5, 5.41) is 0. The SMILES string of the molecule is Nc1ncc2c(n1)CCC1(C2)OCCO1. The third kappa shape index (κ3) is 1.48. The molecule has 1 aromatic rings. The molecule has 0 aromatic carbocycles. The van der Waals surface area contributed by atoms with Gasteiger partial charge in [-0.1, -0.05) is 0 Å². The van der Waals surface area contributed by atoms with Crippen molar-refractivity contribution >= 4 is 5.95 Å². The molecule has 3 rings (SSSR count). The molecule has 80 valence electrons. The molecule has 1 spiro atoms. The Morgan fingerprint density at radius 2 is 2.13 bits per heavy atom. The van der Waals surface area contributed by atoms with Crippen LogP contribution in [-0.4, -0.2) is 29.0 Å². The number of aromatic nitrogens is 2. The van der Waals surface area contributed by atoms with Gasteiger partial charge in [-0.25, -0.2) is 9.97 Å². The van der Waals surface area contributed by atoms with E-state index in [1.165, 1.54) is 0 Å². The monoisotopic (exact) mass is 207 g/mol. The van der Waals surface area contributed by atoms with E-state index in [1.807, 2.05) is 0 Å². The summed E-state index contributed by atoms with van der Waals surface area (Å²) in [6.07, 6.45) is 4.23. The quantitative estimate of drug-likeness (QED) is 0.662. The molecule has 0 radical (unpaired) electrons. The van der Waals surface area contributed by atoms with Gasteiger partial charge in [0.15, 0.2) is 5.79 Å². The number of rotatable bonds is 0. The van der Waals surface area contributed by atoms with Gasteiger partial charge in [0.25, 0.3) is 0 Å². The summed E-state index contributed by atoms with van der Waals surface area (Å²) in [7, 11) is 0. The van der Waals surface area contributed by atoms with Crippen molar-refractivity contribution in [1.82, 2.24) is 9.97 Å². The molecule has 2 heterocycles. The number of hydrogen-bond acceptors (Lipinski definition) is 5. The van der Waals surface area contributed by atoms with Gasteiger partial charge in [-0.2, -0.15) is 0 Å². The largest absolute Gasteiger partial charge is 0.368 e. The zero-order valence-corrected chi connectivity index (χ0v) is 8.40. The molecule has 1 aliphatic heterocycles. The minimum atomic E-state index is -0.410. The van der Waals surface area contributed by atoms with Gasteiger partial charge in [-0.05, 0) is 12.0 Å². The van der Waals surface area contributed by atoms with E-state index in [4.69, 9.17) is 15.2 Å². The van der Waals surface area contributed by atoms with Gasteiger partial charge in [0.05, 0.1) is 13.2 Å². The second-order valence-corrected chi connectivity index (χ2v) is 3.98. The molecule has 1 aliphatic carbocycles. The first-order valence-electron chi connectivity index (χ1n) is 5.16. The number of aryl methyl sites for hydroxylation is 1. The molecule has 0 unspecified atom stereocenters. The highest BCUT2D eigenvalue weighted by Gasteiger charge is 2.40. The van der Waals surface area contributed by atoms with Crippen molar-refractivity contribution < 1.29 is 9.47 Å². The third-order valence-electron chi connectivity index (χ3n) is 2.99. The highest BCUT2D eigenvalue weighted by Crippen LogP contribution is 2.34. The maximum absolute atomic E-state index is 5.66. The number of nitrogens with zero attached hydrogens (tertiary/aromatic N) is 2. The summed E-state index contributed by atoms with van der Waals surface area (Å²) < 4.78 is 11.3. The number of nitrogens with two attached hydrogens (primary N) is 1. The van der Waals surface area contributed by atoms with Crippen LogP contribution < -0.4 is 5.73 Å². The number of fused-ring (bicyclic) bond motifs is 1. The van der Waals surface area contributed by atoms with Crippen LogP contribution in [0.1, 0.15) is 17.7 Å². The lowest BCUT2D eigenvalue weighted by molar-refractivity contribution is -0.164. The Morgan fingerprint density at radius 1 is 1.33 bits per heavy atom. The fourth-order valence-electron chi connectivity index (χ4n) is 2.25. The first-order valence-corrected chi connectivity index (χ1v) is 5.16. The van der Waals surface area contributed by atoms with Crippen LogP contribution in [0.15, 0.2) is 6.20 Å². The molecule has 0 saturated carbocycles. The molecule has 0 amide bonds. The van der Waals surface area contributed by atoms with Crippen molar-refractivity contribution in [2.45, 2.75) is 25.0 Å². The fraction of sp³-hybridized carbons (Fsp3) is 0.600. The summed E-state index contributed by atoms with van der Waals surface area (Å²) in [5.41, 5.74) is 7.67. The third-order valence-corrected chi connectivity index (χ3v) is 2.99. The molecule has 0 bridgehead atoms. The molecule has 15 heavy (non-hydrogen) atoms. The van der Waals surface area contributed by atoms with Gasteiger partial charge < -0.3 is 15.2 Å². The summed E-state index contributed by atoms with van der Waals surface area (Å²) >= 11 is 0. The maximum Gasteiger partial charge on any atom is 0.220 e. The van der Waals surface area contributed by atoms with Crippen molar-refractivity contribution in [2.75, 3.05) is 18.9 Å². The minimum absolute atomic E-state index is 0.345. The summed E-state index contributed by atoms with van der Waals surface area (Å²) in [4.78, 5) is 8.23. The average Bonchev–Trinajstić information content (AvgIpc) is 2.67. The Labute approximate surface area is 87.6 Å². The second kappa shape index (κ2) is 3.15. The molecule has 1 aromatic heterocycles. The Bertz CT molecular complexity index is 388. The fourth-order valence-corrected chi connectivity index (χ4v) is 2.25. The molecule has 1 saturated heterocycles. The zero-order valence-electron chi connectivity index (χ0n) is 8.40. The van der Waals surface area contributed by atoms with E-state index in [-0.39, 0.29) is 0 Å². The summed E-state index contributed by atoms with van der Waals surface area (Å²) in [6.45, 7) is 1.37. The number of anilines is 1. The Hall–Kier alpha value is -1.20. The van der Waals surface area contributed by atoms with Crippen LogP contribution in [0.5, 0.6) is 0 Å². The van der Waals surface area contributed by atoms with Crippen LogP contribution in [0.25, 0.3) is 0 Å². The molecule has 5 heteroatoms. The highest BCUT2D eigenvalue weighted by molar-refractivity contribution is 5.28. The van der Waals surface area contributed by atoms with Crippen LogP contribution in [-0.2, 0) is 22.3 Å². The van der Waals surface area contributed by atoms with Crippen molar-refractivity contribution in [1.29, 1.82) is 0 Å². The van der Waals surface area contributed by atoms with E-state index in [1.54, 1.807) is 6.20 Å². The van der Waals surface area contributed by atoms with Crippen LogP contribution in [0.3, 0.4) is 0 Å². The molecule has 5 nitrogen and oxygen atoms in total. The van der Waals surface area contributed by atoms with Gasteiger partial charge in [0.1, 0.15) is 0 Å². The maximum atomic E-state index is 5.66. The predicted molar refractivity (Wildman–Crippen MR) is 53.1 cm³/mol. The highest BCUT2D eigenvalue weighted by atomic mass is 16.7. The summed E-state index contributed by atoms with van der Waals surface area (Å²) in [5.74, 6) is -0.0649.